The Hall–Kier alpha value is -4.63. The zero-order valence-corrected chi connectivity index (χ0v) is 23.7. The zero-order chi connectivity index (χ0) is 30.7. The summed E-state index contributed by atoms with van der Waals surface area (Å²) in [5, 5.41) is 17.7. The van der Waals surface area contributed by atoms with E-state index < -0.39 is 23.5 Å². The molecule has 0 aliphatic rings. The standard InChI is InChI=1S/C27H36N8O7/c1-27(2,3)42-13-12-41-11-10-29-20(36)9-8-19(25(39)40)33-23(37)16-4-6-17(7-5-16)30-14-18-15-31-22-21(32-18)24(38)35-26(28)34-22/h4-7,15,19,30H,8-14H2,1-3H3,(H,29,36)(H,33,37)(H,39,40)(H3,28,31,34,35,38). The van der Waals surface area contributed by atoms with E-state index in [4.69, 9.17) is 15.2 Å². The first kappa shape index (κ1) is 31.9. The lowest BCUT2D eigenvalue weighted by Gasteiger charge is -2.19. The maximum absolute atomic E-state index is 12.6. The number of fused-ring (bicyclic) bond motifs is 1. The van der Waals surface area contributed by atoms with Gasteiger partial charge in [0.05, 0.1) is 43.9 Å². The van der Waals surface area contributed by atoms with Crippen LogP contribution in [0.1, 0.15) is 49.7 Å². The van der Waals surface area contributed by atoms with Gasteiger partial charge in [-0.05, 0) is 51.5 Å². The van der Waals surface area contributed by atoms with Gasteiger partial charge in [0.2, 0.25) is 11.9 Å². The van der Waals surface area contributed by atoms with Crippen LogP contribution in [0.25, 0.3) is 11.2 Å². The third-order valence-electron chi connectivity index (χ3n) is 5.70. The monoisotopic (exact) mass is 584 g/mol. The van der Waals surface area contributed by atoms with E-state index in [1.165, 1.54) is 18.3 Å². The van der Waals surface area contributed by atoms with Crippen molar-refractivity contribution in [2.75, 3.05) is 37.4 Å². The molecule has 0 saturated carbocycles. The number of carbonyl (C=O) groups excluding carboxylic acids is 2. The van der Waals surface area contributed by atoms with Gasteiger partial charge in [0.15, 0.2) is 11.2 Å². The topological polar surface area (TPSA) is 224 Å². The lowest BCUT2D eigenvalue weighted by atomic mass is 10.1. The van der Waals surface area contributed by atoms with E-state index in [0.717, 1.165) is 0 Å². The summed E-state index contributed by atoms with van der Waals surface area (Å²) in [6.45, 7) is 7.48. The molecule has 0 saturated heterocycles. The Morgan fingerprint density at radius 2 is 1.83 bits per heavy atom. The average Bonchev–Trinajstić information content (AvgIpc) is 2.93. The summed E-state index contributed by atoms with van der Waals surface area (Å²) in [4.78, 5) is 63.1. The van der Waals surface area contributed by atoms with E-state index >= 15 is 0 Å². The van der Waals surface area contributed by atoms with E-state index in [9.17, 15) is 24.3 Å². The molecule has 1 atom stereocenters. The smallest absolute Gasteiger partial charge is 0.326 e. The SMILES string of the molecule is CC(C)(C)OCCOCCNC(=O)CCC(NC(=O)c1ccc(NCc2cnc3nc(N)[nH]c(=O)c3n2)cc1)C(=O)O. The van der Waals surface area contributed by atoms with Gasteiger partial charge in [-0.15, -0.1) is 0 Å². The predicted octanol–water partition coefficient (Wildman–Crippen LogP) is 0.819. The van der Waals surface area contributed by atoms with Crippen molar-refractivity contribution in [1.29, 1.82) is 0 Å². The van der Waals surface area contributed by atoms with E-state index in [-0.39, 0.29) is 60.1 Å². The molecule has 0 radical (unpaired) electrons. The third-order valence-corrected chi connectivity index (χ3v) is 5.70. The van der Waals surface area contributed by atoms with Crippen LogP contribution in [-0.2, 0) is 25.6 Å². The molecule has 15 nitrogen and oxygen atoms in total. The van der Waals surface area contributed by atoms with E-state index in [2.05, 4.69) is 35.9 Å². The number of aromatic nitrogens is 4. The normalized spacial score (nSPS) is 12.1. The molecule has 1 aromatic carbocycles. The molecule has 3 rings (SSSR count). The van der Waals surface area contributed by atoms with Crippen molar-refractivity contribution >= 4 is 40.6 Å². The Labute approximate surface area is 241 Å². The van der Waals surface area contributed by atoms with E-state index in [1.54, 1.807) is 12.1 Å². The van der Waals surface area contributed by atoms with Crippen LogP contribution < -0.4 is 27.2 Å². The highest BCUT2D eigenvalue weighted by atomic mass is 16.5. The second-order valence-corrected chi connectivity index (χ2v) is 10.2. The average molecular weight is 585 g/mol. The molecule has 0 bridgehead atoms. The molecule has 0 fully saturated rings. The number of carboxylic acids is 1. The Kier molecular flexibility index (Phi) is 11.3. The highest BCUT2D eigenvalue weighted by molar-refractivity contribution is 5.97. The lowest BCUT2D eigenvalue weighted by Crippen LogP contribution is -2.41. The molecule has 226 valence electrons. The van der Waals surface area contributed by atoms with Crippen molar-refractivity contribution < 1.29 is 29.0 Å². The lowest BCUT2D eigenvalue weighted by molar-refractivity contribution is -0.139. The van der Waals surface area contributed by atoms with Crippen molar-refractivity contribution in [3.8, 4) is 0 Å². The number of H-pyrrole nitrogens is 1. The molecule has 0 spiro atoms. The van der Waals surface area contributed by atoms with Gasteiger partial charge < -0.3 is 36.3 Å². The fourth-order valence-electron chi connectivity index (χ4n) is 3.62. The van der Waals surface area contributed by atoms with Crippen LogP contribution in [0, 0.1) is 0 Å². The van der Waals surface area contributed by atoms with Crippen LogP contribution in [-0.4, -0.2) is 80.8 Å². The molecule has 42 heavy (non-hydrogen) atoms. The second-order valence-electron chi connectivity index (χ2n) is 10.2. The van der Waals surface area contributed by atoms with Crippen molar-refractivity contribution in [2.24, 2.45) is 0 Å². The van der Waals surface area contributed by atoms with Crippen molar-refractivity contribution in [3.05, 3.63) is 52.1 Å². The molecule has 2 amide bonds. The van der Waals surface area contributed by atoms with Gasteiger partial charge in [0, 0.05) is 24.2 Å². The van der Waals surface area contributed by atoms with Gasteiger partial charge >= 0.3 is 5.97 Å². The molecule has 0 aliphatic heterocycles. The van der Waals surface area contributed by atoms with Crippen molar-refractivity contribution in [2.45, 2.75) is 51.8 Å². The van der Waals surface area contributed by atoms with Gasteiger partial charge in [-0.2, -0.15) is 4.98 Å². The number of amides is 2. The Morgan fingerprint density at radius 3 is 2.52 bits per heavy atom. The molecule has 0 aliphatic carbocycles. The molecule has 2 aromatic heterocycles. The zero-order valence-electron chi connectivity index (χ0n) is 23.7. The number of carbonyl (C=O) groups is 3. The summed E-state index contributed by atoms with van der Waals surface area (Å²) in [7, 11) is 0. The minimum Gasteiger partial charge on any atom is -0.480 e. The van der Waals surface area contributed by atoms with Gasteiger partial charge in [0.25, 0.3) is 11.5 Å². The number of hydrogen-bond acceptors (Lipinski definition) is 11. The van der Waals surface area contributed by atoms with Crippen LogP contribution in [0.2, 0.25) is 0 Å². The maximum atomic E-state index is 12.6. The summed E-state index contributed by atoms with van der Waals surface area (Å²) < 4.78 is 10.9. The van der Waals surface area contributed by atoms with Crippen LogP contribution in [0.4, 0.5) is 11.6 Å². The largest absolute Gasteiger partial charge is 0.480 e. The molecule has 3 aromatic rings. The molecular formula is C27H36N8O7. The number of carboxylic acid groups (broad SMARTS) is 1. The summed E-state index contributed by atoms with van der Waals surface area (Å²) in [5.41, 5.74) is 6.34. The van der Waals surface area contributed by atoms with E-state index in [0.29, 0.717) is 31.2 Å². The fraction of sp³-hybridized carbons (Fsp3) is 0.444. The number of anilines is 2. The summed E-state index contributed by atoms with van der Waals surface area (Å²) in [6.07, 6.45) is 1.30. The molecule has 7 N–H and O–H groups in total. The Bertz CT molecular complexity index is 1440. The predicted molar refractivity (Wildman–Crippen MR) is 154 cm³/mol. The van der Waals surface area contributed by atoms with E-state index in [1.807, 2.05) is 20.8 Å². The number of benzene rings is 1. The number of aromatic amines is 1. The number of rotatable bonds is 15. The first-order valence-electron chi connectivity index (χ1n) is 13.3. The van der Waals surface area contributed by atoms with Gasteiger partial charge in [-0.1, -0.05) is 0 Å². The van der Waals surface area contributed by atoms with Crippen molar-refractivity contribution in [1.82, 2.24) is 30.6 Å². The first-order valence-corrected chi connectivity index (χ1v) is 13.3. The first-order chi connectivity index (χ1) is 19.9. The number of ether oxygens (including phenoxy) is 2. The molecule has 2 heterocycles. The summed E-state index contributed by atoms with van der Waals surface area (Å²) in [6, 6.07) is 5.09. The second kappa shape index (κ2) is 14.8. The fourth-order valence-corrected chi connectivity index (χ4v) is 3.62. The molecule has 15 heteroatoms. The third kappa shape index (κ3) is 10.4. The van der Waals surface area contributed by atoms with Gasteiger partial charge in [0.1, 0.15) is 6.04 Å². The van der Waals surface area contributed by atoms with Gasteiger partial charge in [-0.3, -0.25) is 19.4 Å². The number of nitrogens with zero attached hydrogens (tertiary/aromatic N) is 3. The van der Waals surface area contributed by atoms with Crippen LogP contribution in [0.3, 0.4) is 0 Å². The summed E-state index contributed by atoms with van der Waals surface area (Å²) in [5.74, 6) is -2.23. The van der Waals surface area contributed by atoms with Crippen LogP contribution in [0.15, 0.2) is 35.3 Å². The number of nitrogen functional groups attached to an aromatic ring is 1. The quantitative estimate of drug-likeness (QED) is 0.137. The number of nitrogens with one attached hydrogen (secondary N) is 4. The Balaban J connectivity index is 1.42. The highest BCUT2D eigenvalue weighted by Crippen LogP contribution is 2.12. The minimum absolute atomic E-state index is 0.0488. The molecule has 1 unspecified atom stereocenters. The van der Waals surface area contributed by atoms with Gasteiger partial charge in [-0.25, -0.2) is 14.8 Å². The number of aliphatic carboxylic acids is 1. The summed E-state index contributed by atoms with van der Waals surface area (Å²) >= 11 is 0. The minimum atomic E-state index is -1.25. The number of nitrogens with two attached hydrogens (primary N) is 1. The molecular weight excluding hydrogens is 548 g/mol. The number of hydrogen-bond donors (Lipinski definition) is 6. The van der Waals surface area contributed by atoms with Crippen LogP contribution in [0.5, 0.6) is 0 Å². The van der Waals surface area contributed by atoms with Crippen molar-refractivity contribution in [3.63, 3.8) is 0 Å². The Morgan fingerprint density at radius 1 is 1.10 bits per heavy atom. The van der Waals surface area contributed by atoms with Crippen LogP contribution >= 0.6 is 0 Å². The maximum Gasteiger partial charge on any atom is 0.326 e. The highest BCUT2D eigenvalue weighted by Gasteiger charge is 2.22.